The van der Waals surface area contributed by atoms with Gasteiger partial charge in [0.1, 0.15) is 6.54 Å². The molecule has 1 aromatic carbocycles. The molecule has 0 unspecified atom stereocenters. The molecule has 2 aromatic heterocycles. The van der Waals surface area contributed by atoms with Crippen molar-refractivity contribution in [2.24, 2.45) is 0 Å². The van der Waals surface area contributed by atoms with Gasteiger partial charge in [0.2, 0.25) is 5.91 Å². The maximum atomic E-state index is 11.9. The Labute approximate surface area is 145 Å². The lowest BCUT2D eigenvalue weighted by Crippen LogP contribution is -2.18. The Bertz CT molecular complexity index is 828. The van der Waals surface area contributed by atoms with E-state index in [2.05, 4.69) is 25.9 Å². The Morgan fingerprint density at radius 1 is 1.20 bits per heavy atom. The molecule has 3 aromatic rings. The van der Waals surface area contributed by atoms with Gasteiger partial charge in [0.05, 0.1) is 11.9 Å². The lowest BCUT2D eigenvalue weighted by molar-refractivity contribution is -0.116. The van der Waals surface area contributed by atoms with E-state index in [0.29, 0.717) is 5.82 Å². The summed E-state index contributed by atoms with van der Waals surface area (Å²) < 4.78 is 1.57. The van der Waals surface area contributed by atoms with Gasteiger partial charge in [-0.25, -0.2) is 0 Å². The molecule has 0 aliphatic rings. The van der Waals surface area contributed by atoms with E-state index in [-0.39, 0.29) is 12.5 Å². The van der Waals surface area contributed by atoms with Gasteiger partial charge < -0.3 is 15.5 Å². The number of hydrogen-bond donors (Lipinski definition) is 2. The minimum Gasteiger partial charge on any atom is -0.376 e. The molecule has 0 spiro atoms. The summed E-state index contributed by atoms with van der Waals surface area (Å²) >= 11 is 0. The predicted octanol–water partition coefficient (Wildman–Crippen LogP) is 2.12. The molecule has 25 heavy (non-hydrogen) atoms. The zero-order chi connectivity index (χ0) is 17.6. The molecule has 2 N–H and O–H groups in total. The maximum absolute atomic E-state index is 11.9. The number of carbonyl (C=O) groups is 1. The lowest BCUT2D eigenvalue weighted by Gasteiger charge is -2.13. The number of amides is 1. The van der Waals surface area contributed by atoms with Crippen LogP contribution in [-0.2, 0) is 11.3 Å². The highest BCUT2D eigenvalue weighted by Crippen LogP contribution is 2.20. The second-order valence-corrected chi connectivity index (χ2v) is 5.65. The SMILES string of the molecule is CN(C)c1cnnc(Nc2ccc(NC(=O)Cn3cccn3)cc2)c1. The average molecular weight is 337 g/mol. The number of nitrogens with zero attached hydrogens (tertiary/aromatic N) is 5. The van der Waals surface area contributed by atoms with E-state index < -0.39 is 0 Å². The van der Waals surface area contributed by atoms with Crippen molar-refractivity contribution in [3.8, 4) is 0 Å². The van der Waals surface area contributed by atoms with Gasteiger partial charge >= 0.3 is 0 Å². The highest BCUT2D eigenvalue weighted by atomic mass is 16.2. The fraction of sp³-hybridized carbons (Fsp3) is 0.176. The van der Waals surface area contributed by atoms with Crippen LogP contribution in [0.15, 0.2) is 55.0 Å². The quantitative estimate of drug-likeness (QED) is 0.716. The molecule has 0 aliphatic carbocycles. The molecule has 1 amide bonds. The molecule has 0 saturated heterocycles. The summed E-state index contributed by atoms with van der Waals surface area (Å²) in [4.78, 5) is 13.9. The predicted molar refractivity (Wildman–Crippen MR) is 96.9 cm³/mol. The van der Waals surface area contributed by atoms with Gasteiger partial charge in [-0.3, -0.25) is 9.48 Å². The van der Waals surface area contributed by atoms with Crippen molar-refractivity contribution in [2.75, 3.05) is 29.6 Å². The molecule has 128 valence electrons. The molecule has 3 rings (SSSR count). The van der Waals surface area contributed by atoms with Crippen molar-refractivity contribution in [1.82, 2.24) is 20.0 Å². The van der Waals surface area contributed by atoms with Gasteiger partial charge in [0, 0.05) is 43.9 Å². The zero-order valence-corrected chi connectivity index (χ0v) is 14.0. The average Bonchev–Trinajstić information content (AvgIpc) is 3.10. The summed E-state index contributed by atoms with van der Waals surface area (Å²) in [6.45, 7) is 0.180. The molecule has 8 nitrogen and oxygen atoms in total. The van der Waals surface area contributed by atoms with E-state index in [9.17, 15) is 4.79 Å². The van der Waals surface area contributed by atoms with Crippen molar-refractivity contribution >= 4 is 28.8 Å². The fourth-order valence-corrected chi connectivity index (χ4v) is 2.19. The smallest absolute Gasteiger partial charge is 0.246 e. The Morgan fingerprint density at radius 2 is 1.96 bits per heavy atom. The van der Waals surface area contributed by atoms with Crippen LogP contribution in [0.25, 0.3) is 0 Å². The van der Waals surface area contributed by atoms with Gasteiger partial charge in [-0.15, -0.1) is 5.10 Å². The molecule has 2 heterocycles. The van der Waals surface area contributed by atoms with Crippen LogP contribution in [0.4, 0.5) is 22.9 Å². The van der Waals surface area contributed by atoms with Crippen molar-refractivity contribution < 1.29 is 4.79 Å². The molecule has 0 aliphatic heterocycles. The third kappa shape index (κ3) is 4.54. The monoisotopic (exact) mass is 337 g/mol. The third-order valence-electron chi connectivity index (χ3n) is 3.46. The van der Waals surface area contributed by atoms with Crippen LogP contribution in [0.2, 0.25) is 0 Å². The van der Waals surface area contributed by atoms with Crippen LogP contribution >= 0.6 is 0 Å². The molecule has 8 heteroatoms. The standard InChI is InChI=1S/C17H19N7O/c1-23(2)15-10-16(22-18-11-15)20-13-4-6-14(7-5-13)21-17(25)12-24-9-3-8-19-24/h3-11H,12H2,1-2H3,(H,20,22)(H,21,25). The largest absolute Gasteiger partial charge is 0.376 e. The summed E-state index contributed by atoms with van der Waals surface area (Å²) in [7, 11) is 3.89. The highest BCUT2D eigenvalue weighted by Gasteiger charge is 2.05. The number of anilines is 4. The van der Waals surface area contributed by atoms with Gasteiger partial charge in [-0.05, 0) is 30.3 Å². The molecule has 0 bridgehead atoms. The van der Waals surface area contributed by atoms with Crippen molar-refractivity contribution in [3.05, 3.63) is 55.0 Å². The first kappa shape index (κ1) is 16.4. The summed E-state index contributed by atoms with van der Waals surface area (Å²) in [5.74, 6) is 0.524. The van der Waals surface area contributed by atoms with E-state index in [1.165, 1.54) is 0 Å². The van der Waals surface area contributed by atoms with Crippen LogP contribution in [0.3, 0.4) is 0 Å². The summed E-state index contributed by atoms with van der Waals surface area (Å²) in [6, 6.07) is 11.1. The number of hydrogen-bond acceptors (Lipinski definition) is 6. The van der Waals surface area contributed by atoms with E-state index >= 15 is 0 Å². The molecule has 0 fully saturated rings. The minimum atomic E-state index is -0.131. The Balaban J connectivity index is 1.60. The van der Waals surface area contributed by atoms with E-state index in [4.69, 9.17) is 0 Å². The molecule has 0 saturated carbocycles. The van der Waals surface area contributed by atoms with E-state index in [0.717, 1.165) is 17.1 Å². The summed E-state index contributed by atoms with van der Waals surface area (Å²) in [6.07, 6.45) is 5.08. The number of rotatable bonds is 6. The lowest BCUT2D eigenvalue weighted by atomic mass is 10.2. The Hall–Kier alpha value is -3.42. The van der Waals surface area contributed by atoms with E-state index in [1.54, 1.807) is 29.3 Å². The first-order valence-corrected chi connectivity index (χ1v) is 7.74. The zero-order valence-electron chi connectivity index (χ0n) is 14.0. The minimum absolute atomic E-state index is 0.131. The van der Waals surface area contributed by atoms with E-state index in [1.807, 2.05) is 49.3 Å². The number of aromatic nitrogens is 4. The third-order valence-corrected chi connectivity index (χ3v) is 3.46. The van der Waals surface area contributed by atoms with Gasteiger partial charge in [-0.1, -0.05) is 0 Å². The molecular formula is C17H19N7O. The second-order valence-electron chi connectivity index (χ2n) is 5.65. The van der Waals surface area contributed by atoms with Crippen LogP contribution in [0, 0.1) is 0 Å². The second kappa shape index (κ2) is 7.43. The number of carbonyl (C=O) groups excluding carboxylic acids is 1. The van der Waals surface area contributed by atoms with Crippen molar-refractivity contribution in [2.45, 2.75) is 6.54 Å². The van der Waals surface area contributed by atoms with Crippen LogP contribution < -0.4 is 15.5 Å². The highest BCUT2D eigenvalue weighted by molar-refractivity contribution is 5.90. The van der Waals surface area contributed by atoms with Crippen LogP contribution in [-0.4, -0.2) is 40.0 Å². The molecule has 0 atom stereocenters. The van der Waals surface area contributed by atoms with Crippen LogP contribution in [0.1, 0.15) is 0 Å². The molecule has 0 radical (unpaired) electrons. The van der Waals surface area contributed by atoms with Gasteiger partial charge in [0.25, 0.3) is 0 Å². The Morgan fingerprint density at radius 3 is 2.64 bits per heavy atom. The van der Waals surface area contributed by atoms with Gasteiger partial charge in [0.15, 0.2) is 5.82 Å². The summed E-state index contributed by atoms with van der Waals surface area (Å²) in [5.41, 5.74) is 2.53. The number of nitrogens with one attached hydrogen (secondary N) is 2. The Kier molecular flexibility index (Phi) is 4.89. The van der Waals surface area contributed by atoms with Crippen molar-refractivity contribution in [1.29, 1.82) is 0 Å². The first-order valence-electron chi connectivity index (χ1n) is 7.74. The topological polar surface area (TPSA) is 88.0 Å². The number of benzene rings is 1. The maximum Gasteiger partial charge on any atom is 0.246 e. The fourth-order valence-electron chi connectivity index (χ4n) is 2.19. The normalized spacial score (nSPS) is 10.3. The van der Waals surface area contributed by atoms with Gasteiger partial charge in [-0.2, -0.15) is 10.2 Å². The summed E-state index contributed by atoms with van der Waals surface area (Å²) in [5, 5.41) is 18.1. The molecular weight excluding hydrogens is 318 g/mol. The van der Waals surface area contributed by atoms with Crippen molar-refractivity contribution in [3.63, 3.8) is 0 Å². The first-order chi connectivity index (χ1) is 12.1. The van der Waals surface area contributed by atoms with Crippen LogP contribution in [0.5, 0.6) is 0 Å².